The molecule has 0 unspecified atom stereocenters. The third-order valence-electron chi connectivity index (χ3n) is 3.42. The van der Waals surface area contributed by atoms with E-state index in [0.717, 1.165) is 21.6 Å². The maximum Gasteiger partial charge on any atom is 0.0720 e. The van der Waals surface area contributed by atoms with Crippen LogP contribution in [0.3, 0.4) is 0 Å². The molecule has 1 aromatic heterocycles. The Morgan fingerprint density at radius 1 is 1.06 bits per heavy atom. The van der Waals surface area contributed by atoms with Crippen LogP contribution in [0.4, 0.5) is 0 Å². The lowest BCUT2D eigenvalue weighted by atomic mass is 9.96. The van der Waals surface area contributed by atoms with Crippen LogP contribution in [0.1, 0.15) is 56.4 Å². The monoisotopic (exact) mass is 261 g/mol. The molecule has 0 spiro atoms. The van der Waals surface area contributed by atoms with E-state index < -0.39 is 0 Å². The number of hydrogen-bond acceptors (Lipinski definition) is 1. The zero-order valence-electron chi connectivity index (χ0n) is 11.7. The van der Waals surface area contributed by atoms with Gasteiger partial charge in [0.15, 0.2) is 0 Å². The first-order chi connectivity index (χ1) is 8.41. The molecule has 0 saturated carbocycles. The van der Waals surface area contributed by atoms with E-state index in [-0.39, 0.29) is 0 Å². The van der Waals surface area contributed by atoms with Gasteiger partial charge in [-0.15, -0.1) is 0 Å². The number of hydrogen-bond donors (Lipinski definition) is 0. The average Bonchev–Trinajstić information content (AvgIpc) is 2.27. The summed E-state index contributed by atoms with van der Waals surface area (Å²) in [5.74, 6) is 0.909. The van der Waals surface area contributed by atoms with E-state index in [1.165, 1.54) is 11.1 Å². The SMILES string of the molecule is Cc1nc2ccc(C(C)C)cc2c(Cl)c1C(C)C. The zero-order chi connectivity index (χ0) is 13.4. The van der Waals surface area contributed by atoms with Gasteiger partial charge in [0.05, 0.1) is 10.5 Å². The molecule has 0 radical (unpaired) electrons. The molecule has 1 aromatic carbocycles. The van der Waals surface area contributed by atoms with Gasteiger partial charge in [-0.05, 0) is 42.0 Å². The van der Waals surface area contributed by atoms with Gasteiger partial charge in [-0.25, -0.2) is 0 Å². The average molecular weight is 262 g/mol. The van der Waals surface area contributed by atoms with Gasteiger partial charge < -0.3 is 0 Å². The Bertz CT molecular complexity index is 585. The van der Waals surface area contributed by atoms with E-state index in [9.17, 15) is 0 Å². The number of pyridine rings is 1. The summed E-state index contributed by atoms with van der Waals surface area (Å²) >= 11 is 6.58. The van der Waals surface area contributed by atoms with Crippen molar-refractivity contribution >= 4 is 22.5 Å². The second-order valence-corrected chi connectivity index (χ2v) is 5.89. The fourth-order valence-corrected chi connectivity index (χ4v) is 2.91. The van der Waals surface area contributed by atoms with E-state index >= 15 is 0 Å². The molecule has 0 aliphatic rings. The van der Waals surface area contributed by atoms with Crippen molar-refractivity contribution in [2.75, 3.05) is 0 Å². The molecule has 0 atom stereocenters. The number of nitrogens with zero attached hydrogens (tertiary/aromatic N) is 1. The number of benzene rings is 1. The largest absolute Gasteiger partial charge is 0.253 e. The van der Waals surface area contributed by atoms with Gasteiger partial charge in [0.1, 0.15) is 0 Å². The second-order valence-electron chi connectivity index (χ2n) is 5.51. The first kappa shape index (κ1) is 13.4. The fraction of sp³-hybridized carbons (Fsp3) is 0.438. The Balaban J connectivity index is 2.77. The Morgan fingerprint density at radius 2 is 1.72 bits per heavy atom. The molecule has 96 valence electrons. The molecule has 1 nitrogen and oxygen atoms in total. The van der Waals surface area contributed by atoms with Gasteiger partial charge in [-0.3, -0.25) is 4.98 Å². The first-order valence-electron chi connectivity index (χ1n) is 6.51. The summed E-state index contributed by atoms with van der Waals surface area (Å²) in [7, 11) is 0. The van der Waals surface area contributed by atoms with Gasteiger partial charge in [0.25, 0.3) is 0 Å². The van der Waals surface area contributed by atoms with Crippen molar-refractivity contribution in [1.29, 1.82) is 0 Å². The van der Waals surface area contributed by atoms with Crippen molar-refractivity contribution in [3.05, 3.63) is 40.0 Å². The minimum absolute atomic E-state index is 0.400. The summed E-state index contributed by atoms with van der Waals surface area (Å²) in [4.78, 5) is 4.67. The van der Waals surface area contributed by atoms with Crippen LogP contribution in [0.5, 0.6) is 0 Å². The van der Waals surface area contributed by atoms with Gasteiger partial charge in [0, 0.05) is 11.1 Å². The Kier molecular flexibility index (Phi) is 3.63. The maximum atomic E-state index is 6.58. The van der Waals surface area contributed by atoms with Crippen LogP contribution in [-0.2, 0) is 0 Å². The van der Waals surface area contributed by atoms with Crippen molar-refractivity contribution in [1.82, 2.24) is 4.98 Å². The van der Waals surface area contributed by atoms with Gasteiger partial charge in [-0.1, -0.05) is 45.4 Å². The standard InChI is InChI=1S/C16H20ClN/c1-9(2)12-6-7-14-13(8-12)16(17)15(10(3)4)11(5)18-14/h6-10H,1-5H3. The summed E-state index contributed by atoms with van der Waals surface area (Å²) in [6.07, 6.45) is 0. The van der Waals surface area contributed by atoms with Crippen molar-refractivity contribution in [3.63, 3.8) is 0 Å². The summed E-state index contributed by atoms with van der Waals surface area (Å²) in [5.41, 5.74) is 4.51. The third-order valence-corrected chi connectivity index (χ3v) is 3.82. The third kappa shape index (κ3) is 2.24. The quantitative estimate of drug-likeness (QED) is 0.701. The number of fused-ring (bicyclic) bond motifs is 1. The molecule has 0 N–H and O–H groups in total. The number of rotatable bonds is 2. The van der Waals surface area contributed by atoms with E-state index in [1.807, 2.05) is 6.92 Å². The number of aromatic nitrogens is 1. The molecule has 0 aliphatic heterocycles. The predicted octanol–water partition coefficient (Wildman–Crippen LogP) is 5.44. The molecule has 2 aromatic rings. The second kappa shape index (κ2) is 4.89. The van der Waals surface area contributed by atoms with Crippen molar-refractivity contribution in [3.8, 4) is 0 Å². The summed E-state index contributed by atoms with van der Waals surface area (Å²) < 4.78 is 0. The van der Waals surface area contributed by atoms with Crippen LogP contribution in [0.15, 0.2) is 18.2 Å². The van der Waals surface area contributed by atoms with Crippen molar-refractivity contribution in [2.45, 2.75) is 46.5 Å². The van der Waals surface area contributed by atoms with E-state index in [1.54, 1.807) is 0 Å². The molecule has 18 heavy (non-hydrogen) atoms. The van der Waals surface area contributed by atoms with E-state index in [0.29, 0.717) is 11.8 Å². The Morgan fingerprint density at radius 3 is 2.28 bits per heavy atom. The lowest BCUT2D eigenvalue weighted by Gasteiger charge is -2.15. The predicted molar refractivity (Wildman–Crippen MR) is 79.7 cm³/mol. The highest BCUT2D eigenvalue weighted by molar-refractivity contribution is 6.36. The fourth-order valence-electron chi connectivity index (χ4n) is 2.40. The molecule has 1 heterocycles. The lowest BCUT2D eigenvalue weighted by molar-refractivity contribution is 0.847. The first-order valence-corrected chi connectivity index (χ1v) is 6.89. The van der Waals surface area contributed by atoms with Crippen molar-refractivity contribution in [2.24, 2.45) is 0 Å². The summed E-state index contributed by atoms with van der Waals surface area (Å²) in [5, 5.41) is 1.95. The topological polar surface area (TPSA) is 12.9 Å². The van der Waals surface area contributed by atoms with Crippen molar-refractivity contribution < 1.29 is 0 Å². The molecule has 0 saturated heterocycles. The van der Waals surface area contributed by atoms with Crippen LogP contribution in [0.2, 0.25) is 5.02 Å². The van der Waals surface area contributed by atoms with Gasteiger partial charge >= 0.3 is 0 Å². The smallest absolute Gasteiger partial charge is 0.0720 e. The molecule has 0 bridgehead atoms. The Hall–Kier alpha value is -1.08. The highest BCUT2D eigenvalue weighted by Crippen LogP contribution is 2.34. The maximum absolute atomic E-state index is 6.58. The highest BCUT2D eigenvalue weighted by atomic mass is 35.5. The molecule has 0 amide bonds. The lowest BCUT2D eigenvalue weighted by Crippen LogP contribution is -1.99. The zero-order valence-corrected chi connectivity index (χ0v) is 12.5. The Labute approximate surface area is 114 Å². The minimum Gasteiger partial charge on any atom is -0.253 e. The molecule has 0 aliphatic carbocycles. The molecule has 0 fully saturated rings. The molecular weight excluding hydrogens is 242 g/mol. The molecule has 2 rings (SSSR count). The van der Waals surface area contributed by atoms with Gasteiger partial charge in [0.2, 0.25) is 0 Å². The minimum atomic E-state index is 0.400. The molecular formula is C16H20ClN. The number of aryl methyl sites for hydroxylation is 1. The summed E-state index contributed by atoms with van der Waals surface area (Å²) in [6.45, 7) is 10.7. The van der Waals surface area contributed by atoms with Crippen LogP contribution in [0, 0.1) is 6.92 Å². The molecule has 2 heteroatoms. The van der Waals surface area contributed by atoms with Crippen LogP contribution in [0.25, 0.3) is 10.9 Å². The summed E-state index contributed by atoms with van der Waals surface area (Å²) in [6, 6.07) is 6.40. The van der Waals surface area contributed by atoms with E-state index in [2.05, 4.69) is 50.9 Å². The van der Waals surface area contributed by atoms with Crippen LogP contribution < -0.4 is 0 Å². The van der Waals surface area contributed by atoms with Crippen LogP contribution >= 0.6 is 11.6 Å². The van der Waals surface area contributed by atoms with E-state index in [4.69, 9.17) is 11.6 Å². The highest BCUT2D eigenvalue weighted by Gasteiger charge is 2.14. The number of halogens is 1. The van der Waals surface area contributed by atoms with Crippen LogP contribution in [-0.4, -0.2) is 4.98 Å². The van der Waals surface area contributed by atoms with Gasteiger partial charge in [-0.2, -0.15) is 0 Å². The normalized spacial score (nSPS) is 11.8.